The minimum absolute atomic E-state index is 0.0733. The lowest BCUT2D eigenvalue weighted by atomic mass is 10.0. The minimum atomic E-state index is -0.428. The van der Waals surface area contributed by atoms with Crippen molar-refractivity contribution in [3.05, 3.63) is 80.6 Å². The van der Waals surface area contributed by atoms with Gasteiger partial charge in [0.25, 0.3) is 5.91 Å². The van der Waals surface area contributed by atoms with Crippen LogP contribution in [0.25, 0.3) is 10.9 Å². The van der Waals surface area contributed by atoms with Crippen LogP contribution in [0.3, 0.4) is 0 Å². The first kappa shape index (κ1) is 19.1. The van der Waals surface area contributed by atoms with E-state index in [1.165, 1.54) is 6.20 Å². The molecule has 5 nitrogen and oxygen atoms in total. The van der Waals surface area contributed by atoms with Crippen LogP contribution in [-0.2, 0) is 13.0 Å². The normalized spacial score (nSPS) is 12.1. The van der Waals surface area contributed by atoms with Gasteiger partial charge < -0.3 is 15.4 Å². The second kappa shape index (κ2) is 8.37. The quantitative estimate of drug-likeness (QED) is 0.609. The number of halogens is 1. The van der Waals surface area contributed by atoms with Crippen LogP contribution >= 0.6 is 11.6 Å². The van der Waals surface area contributed by atoms with Crippen molar-refractivity contribution >= 4 is 28.4 Å². The molecule has 0 fully saturated rings. The monoisotopic (exact) mass is 384 g/mol. The molecule has 1 unspecified atom stereocenters. The van der Waals surface area contributed by atoms with Crippen LogP contribution in [0, 0.1) is 0 Å². The first-order chi connectivity index (χ1) is 13.0. The van der Waals surface area contributed by atoms with Gasteiger partial charge in [-0.15, -0.1) is 0 Å². The zero-order valence-electron chi connectivity index (χ0n) is 15.0. The second-order valence-electron chi connectivity index (χ2n) is 6.57. The number of fused-ring (bicyclic) bond motifs is 1. The largest absolute Gasteiger partial charge is 0.393 e. The highest BCUT2D eigenvalue weighted by Crippen LogP contribution is 2.17. The number of aromatic nitrogens is 1. The molecule has 3 rings (SSSR count). The Morgan fingerprint density at radius 2 is 1.96 bits per heavy atom. The van der Waals surface area contributed by atoms with Gasteiger partial charge in [0.2, 0.25) is 5.43 Å². The minimum Gasteiger partial charge on any atom is -0.393 e. The maximum Gasteiger partial charge on any atom is 0.257 e. The summed E-state index contributed by atoms with van der Waals surface area (Å²) >= 11 is 5.85. The number of aromatic amines is 1. The fourth-order valence-electron chi connectivity index (χ4n) is 2.94. The summed E-state index contributed by atoms with van der Waals surface area (Å²) in [7, 11) is 0. The van der Waals surface area contributed by atoms with E-state index in [9.17, 15) is 14.7 Å². The Bertz CT molecular complexity index is 1010. The number of benzene rings is 2. The number of aryl methyl sites for hydroxylation is 1. The number of amides is 1. The van der Waals surface area contributed by atoms with E-state index in [4.69, 9.17) is 11.6 Å². The van der Waals surface area contributed by atoms with Crippen LogP contribution in [0.1, 0.15) is 34.8 Å². The van der Waals surface area contributed by atoms with E-state index in [0.29, 0.717) is 35.3 Å². The van der Waals surface area contributed by atoms with Crippen LogP contribution < -0.4 is 10.7 Å². The summed E-state index contributed by atoms with van der Waals surface area (Å²) in [6.45, 7) is 2.04. The maximum absolute atomic E-state index is 12.8. The molecule has 27 heavy (non-hydrogen) atoms. The molecule has 3 aromatic rings. The van der Waals surface area contributed by atoms with Crippen LogP contribution in [0.15, 0.2) is 53.5 Å². The number of aliphatic hydroxyl groups excluding tert-OH is 1. The van der Waals surface area contributed by atoms with Gasteiger partial charge in [0, 0.05) is 23.2 Å². The summed E-state index contributed by atoms with van der Waals surface area (Å²) in [5.41, 5.74) is 2.31. The number of carbonyl (C=O) groups is 1. The van der Waals surface area contributed by atoms with E-state index in [2.05, 4.69) is 10.3 Å². The Labute approximate surface area is 162 Å². The van der Waals surface area contributed by atoms with Gasteiger partial charge in [-0.3, -0.25) is 9.59 Å². The van der Waals surface area contributed by atoms with E-state index in [-0.39, 0.29) is 11.0 Å². The number of carbonyl (C=O) groups excluding carboxylic acids is 1. The zero-order chi connectivity index (χ0) is 19.4. The molecule has 0 aliphatic carbocycles. The van der Waals surface area contributed by atoms with Crippen LogP contribution in [-0.4, -0.2) is 22.1 Å². The maximum atomic E-state index is 12.8. The van der Waals surface area contributed by atoms with Gasteiger partial charge in [-0.05, 0) is 49.1 Å². The topological polar surface area (TPSA) is 82.2 Å². The third-order valence-electron chi connectivity index (χ3n) is 4.44. The molecule has 6 heteroatoms. The molecule has 0 spiro atoms. The number of hydrogen-bond donors (Lipinski definition) is 3. The number of aliphatic hydroxyl groups is 1. The van der Waals surface area contributed by atoms with Crippen molar-refractivity contribution in [1.29, 1.82) is 0 Å². The van der Waals surface area contributed by atoms with Crippen LogP contribution in [0.2, 0.25) is 5.02 Å². The SMILES string of the molecule is CC(O)CCc1cccc2c(=O)c(C(=O)NCc3ccc(Cl)cc3)c[nH]c12. The Kier molecular flexibility index (Phi) is 5.94. The highest BCUT2D eigenvalue weighted by molar-refractivity contribution is 6.30. The van der Waals surface area contributed by atoms with E-state index < -0.39 is 12.0 Å². The van der Waals surface area contributed by atoms with E-state index in [1.807, 2.05) is 18.2 Å². The Balaban J connectivity index is 1.82. The van der Waals surface area contributed by atoms with Crippen molar-refractivity contribution in [3.8, 4) is 0 Å². The number of H-pyrrole nitrogens is 1. The number of nitrogens with one attached hydrogen (secondary N) is 2. The number of pyridine rings is 1. The molecule has 3 N–H and O–H groups in total. The third-order valence-corrected chi connectivity index (χ3v) is 4.70. The summed E-state index contributed by atoms with van der Waals surface area (Å²) in [6.07, 6.45) is 2.29. The average Bonchev–Trinajstić information content (AvgIpc) is 2.66. The van der Waals surface area contributed by atoms with Crippen molar-refractivity contribution in [2.45, 2.75) is 32.4 Å². The molecule has 1 atom stereocenters. The van der Waals surface area contributed by atoms with Crippen molar-refractivity contribution in [3.63, 3.8) is 0 Å². The van der Waals surface area contributed by atoms with Gasteiger partial charge in [0.05, 0.1) is 11.6 Å². The number of para-hydroxylation sites is 1. The molecule has 0 bridgehead atoms. The van der Waals surface area contributed by atoms with Gasteiger partial charge in [-0.2, -0.15) is 0 Å². The molecule has 140 valence electrons. The Hall–Kier alpha value is -2.63. The van der Waals surface area contributed by atoms with Crippen molar-refractivity contribution in [1.82, 2.24) is 10.3 Å². The fraction of sp³-hybridized carbons (Fsp3) is 0.238. The predicted molar refractivity (Wildman–Crippen MR) is 107 cm³/mol. The Morgan fingerprint density at radius 3 is 2.67 bits per heavy atom. The first-order valence-electron chi connectivity index (χ1n) is 8.79. The summed E-state index contributed by atoms with van der Waals surface area (Å²) in [4.78, 5) is 28.3. The molecule has 0 aliphatic rings. The van der Waals surface area contributed by atoms with Gasteiger partial charge in [0.1, 0.15) is 5.56 Å². The molecule has 2 aromatic carbocycles. The molecule has 0 radical (unpaired) electrons. The smallest absolute Gasteiger partial charge is 0.257 e. The highest BCUT2D eigenvalue weighted by atomic mass is 35.5. The Morgan fingerprint density at radius 1 is 1.22 bits per heavy atom. The molecule has 1 amide bonds. The fourth-order valence-corrected chi connectivity index (χ4v) is 3.06. The summed E-state index contributed by atoms with van der Waals surface area (Å²) in [5, 5.41) is 13.4. The van der Waals surface area contributed by atoms with Crippen molar-refractivity contribution in [2.75, 3.05) is 0 Å². The lowest BCUT2D eigenvalue weighted by Crippen LogP contribution is -2.28. The second-order valence-corrected chi connectivity index (χ2v) is 7.00. The average molecular weight is 385 g/mol. The molecule has 1 aromatic heterocycles. The molecule has 0 saturated heterocycles. The molecular formula is C21H21ClN2O3. The number of rotatable bonds is 6. The first-order valence-corrected chi connectivity index (χ1v) is 9.17. The summed E-state index contributed by atoms with van der Waals surface area (Å²) < 4.78 is 0. The molecule has 1 heterocycles. The third kappa shape index (κ3) is 4.56. The van der Waals surface area contributed by atoms with Crippen molar-refractivity contribution in [2.24, 2.45) is 0 Å². The zero-order valence-corrected chi connectivity index (χ0v) is 15.7. The predicted octanol–water partition coefficient (Wildman–Crippen LogP) is 3.42. The van der Waals surface area contributed by atoms with Crippen LogP contribution in [0.5, 0.6) is 0 Å². The number of hydrogen-bond acceptors (Lipinski definition) is 3. The van der Waals surface area contributed by atoms with Gasteiger partial charge in [-0.1, -0.05) is 35.9 Å². The van der Waals surface area contributed by atoms with E-state index in [0.717, 1.165) is 11.1 Å². The summed E-state index contributed by atoms with van der Waals surface area (Å²) in [5.74, 6) is -0.428. The summed E-state index contributed by atoms with van der Waals surface area (Å²) in [6, 6.07) is 12.6. The molecular weight excluding hydrogens is 364 g/mol. The molecule has 0 saturated carbocycles. The standard InChI is InChI=1S/C21H21ClN2O3/c1-13(25)5-8-15-3-2-4-17-19(15)23-12-18(20(17)26)21(27)24-11-14-6-9-16(22)10-7-14/h2-4,6-7,9-10,12-13,25H,5,8,11H2,1H3,(H,23,26)(H,24,27). The van der Waals surface area contributed by atoms with Gasteiger partial charge in [-0.25, -0.2) is 0 Å². The van der Waals surface area contributed by atoms with Crippen LogP contribution in [0.4, 0.5) is 0 Å². The van der Waals surface area contributed by atoms with E-state index in [1.54, 1.807) is 31.2 Å². The molecule has 0 aliphatic heterocycles. The van der Waals surface area contributed by atoms with Crippen molar-refractivity contribution < 1.29 is 9.90 Å². The highest BCUT2D eigenvalue weighted by Gasteiger charge is 2.14. The lowest BCUT2D eigenvalue weighted by Gasteiger charge is -2.10. The van der Waals surface area contributed by atoms with Gasteiger partial charge in [0.15, 0.2) is 0 Å². The van der Waals surface area contributed by atoms with Gasteiger partial charge >= 0.3 is 0 Å². The van der Waals surface area contributed by atoms with E-state index >= 15 is 0 Å². The lowest BCUT2D eigenvalue weighted by molar-refractivity contribution is 0.0949.